The van der Waals surface area contributed by atoms with Gasteiger partial charge in [-0.1, -0.05) is 19.8 Å². The van der Waals surface area contributed by atoms with Crippen LogP contribution in [-0.2, 0) is 4.79 Å². The van der Waals surface area contributed by atoms with Crippen LogP contribution in [0.2, 0.25) is 0 Å². The second kappa shape index (κ2) is 7.13. The monoisotopic (exact) mass is 255 g/mol. The summed E-state index contributed by atoms with van der Waals surface area (Å²) in [6.45, 7) is 8.31. The topological polar surface area (TPSA) is 40.5 Å². The molecule has 1 aliphatic heterocycles. The molecule has 0 aromatic rings. The molecule has 0 aromatic heterocycles. The van der Waals surface area contributed by atoms with Gasteiger partial charge in [-0.3, -0.25) is 4.79 Å². The van der Waals surface area contributed by atoms with Crippen molar-refractivity contribution in [2.24, 2.45) is 5.41 Å². The Labute approximate surface area is 112 Å². The number of carbonyl (C=O) groups is 1. The summed E-state index contributed by atoms with van der Waals surface area (Å²) in [5.74, 6) is -0.674. The molecule has 0 spiro atoms. The number of hydrogen-bond donors (Lipinski definition) is 1. The molecule has 0 amide bonds. The van der Waals surface area contributed by atoms with E-state index in [0.717, 1.165) is 31.8 Å². The molecule has 0 bridgehead atoms. The highest BCUT2D eigenvalue weighted by molar-refractivity contribution is 5.73. The molecule has 1 aliphatic rings. The normalized spacial score (nSPS) is 22.1. The summed E-state index contributed by atoms with van der Waals surface area (Å²) in [5, 5.41) is 9.06. The summed E-state index contributed by atoms with van der Waals surface area (Å²) in [7, 11) is 0. The minimum atomic E-state index is -0.674. The lowest BCUT2D eigenvalue weighted by Gasteiger charge is -2.35. The van der Waals surface area contributed by atoms with E-state index in [2.05, 4.69) is 11.8 Å². The number of nitrogens with zero attached hydrogens (tertiary/aromatic N) is 1. The molecule has 1 unspecified atom stereocenters. The summed E-state index contributed by atoms with van der Waals surface area (Å²) >= 11 is 0. The number of likely N-dealkylation sites (tertiary alicyclic amines) is 1. The Morgan fingerprint density at radius 1 is 1.33 bits per heavy atom. The van der Waals surface area contributed by atoms with Crippen molar-refractivity contribution >= 4 is 5.97 Å². The van der Waals surface area contributed by atoms with E-state index in [4.69, 9.17) is 5.11 Å². The highest BCUT2D eigenvalue weighted by Gasteiger charge is 2.26. The maximum absolute atomic E-state index is 11.0. The molecule has 106 valence electrons. The van der Waals surface area contributed by atoms with E-state index < -0.39 is 11.4 Å². The second-order valence-electron chi connectivity index (χ2n) is 6.24. The number of rotatable bonds is 7. The molecule has 1 rings (SSSR count). The minimum Gasteiger partial charge on any atom is -0.481 e. The molecule has 0 radical (unpaired) electrons. The third-order valence-electron chi connectivity index (χ3n) is 4.30. The van der Waals surface area contributed by atoms with Gasteiger partial charge in [-0.25, -0.2) is 0 Å². The lowest BCUT2D eigenvalue weighted by Crippen LogP contribution is -2.39. The van der Waals surface area contributed by atoms with Gasteiger partial charge >= 0.3 is 5.97 Å². The average molecular weight is 255 g/mol. The number of unbranched alkanes of at least 4 members (excludes halogenated alkanes) is 1. The fourth-order valence-corrected chi connectivity index (χ4v) is 2.81. The predicted molar refractivity (Wildman–Crippen MR) is 74.8 cm³/mol. The average Bonchev–Trinajstić information content (AvgIpc) is 2.35. The Bertz CT molecular complexity index is 263. The van der Waals surface area contributed by atoms with Crippen LogP contribution in [0.1, 0.15) is 65.7 Å². The standard InChI is InChI=1S/C15H29NO2/c1-4-13-9-5-7-11-16(13)12-8-6-10-15(2,3)14(17)18/h13H,4-12H2,1-3H3,(H,17,18). The molecule has 0 saturated carbocycles. The van der Waals surface area contributed by atoms with E-state index in [1.165, 1.54) is 32.2 Å². The van der Waals surface area contributed by atoms with Crippen LogP contribution in [-0.4, -0.2) is 35.1 Å². The molecule has 3 nitrogen and oxygen atoms in total. The van der Waals surface area contributed by atoms with Crippen molar-refractivity contribution in [2.75, 3.05) is 13.1 Å². The predicted octanol–water partition coefficient (Wildman–Crippen LogP) is 3.53. The summed E-state index contributed by atoms with van der Waals surface area (Å²) < 4.78 is 0. The lowest BCUT2D eigenvalue weighted by atomic mass is 9.87. The zero-order valence-electron chi connectivity index (χ0n) is 12.2. The minimum absolute atomic E-state index is 0.563. The Balaban J connectivity index is 2.22. The third-order valence-corrected chi connectivity index (χ3v) is 4.30. The molecule has 1 fully saturated rings. The molecule has 1 atom stereocenters. The number of hydrogen-bond acceptors (Lipinski definition) is 2. The van der Waals surface area contributed by atoms with Crippen LogP contribution in [0, 0.1) is 5.41 Å². The molecule has 0 aromatic carbocycles. The number of piperidine rings is 1. The second-order valence-corrected chi connectivity index (χ2v) is 6.24. The molecule has 3 heteroatoms. The molecule has 0 aliphatic carbocycles. The van der Waals surface area contributed by atoms with E-state index in [1.807, 2.05) is 13.8 Å². The van der Waals surface area contributed by atoms with E-state index in [0.29, 0.717) is 0 Å². The third kappa shape index (κ3) is 4.60. The van der Waals surface area contributed by atoms with Crippen molar-refractivity contribution in [1.29, 1.82) is 0 Å². The van der Waals surface area contributed by atoms with Gasteiger partial charge < -0.3 is 10.0 Å². The largest absolute Gasteiger partial charge is 0.481 e. The van der Waals surface area contributed by atoms with E-state index in [9.17, 15) is 4.79 Å². The van der Waals surface area contributed by atoms with Gasteiger partial charge in [0.15, 0.2) is 0 Å². The molecule has 1 N–H and O–H groups in total. The SMILES string of the molecule is CCC1CCCCN1CCCCC(C)(C)C(=O)O. The van der Waals surface area contributed by atoms with Gasteiger partial charge in [0.1, 0.15) is 0 Å². The van der Waals surface area contributed by atoms with Crippen LogP contribution in [0.25, 0.3) is 0 Å². The molecular formula is C15H29NO2. The summed E-state index contributed by atoms with van der Waals surface area (Å²) in [4.78, 5) is 13.6. The number of carboxylic acids is 1. The lowest BCUT2D eigenvalue weighted by molar-refractivity contribution is -0.147. The maximum atomic E-state index is 11.0. The van der Waals surface area contributed by atoms with Crippen LogP contribution in [0.3, 0.4) is 0 Å². The van der Waals surface area contributed by atoms with Gasteiger partial charge in [-0.05, 0) is 59.0 Å². The highest BCUT2D eigenvalue weighted by Crippen LogP contribution is 2.24. The van der Waals surface area contributed by atoms with E-state index in [1.54, 1.807) is 0 Å². The van der Waals surface area contributed by atoms with Gasteiger partial charge in [0.05, 0.1) is 5.41 Å². The summed E-state index contributed by atoms with van der Waals surface area (Å²) in [6.07, 6.45) is 8.24. The Kier molecular flexibility index (Phi) is 6.13. The highest BCUT2D eigenvalue weighted by atomic mass is 16.4. The van der Waals surface area contributed by atoms with Crippen molar-refractivity contribution < 1.29 is 9.90 Å². The smallest absolute Gasteiger partial charge is 0.309 e. The first-order valence-corrected chi connectivity index (χ1v) is 7.45. The first-order chi connectivity index (χ1) is 8.47. The molecule has 1 saturated heterocycles. The number of aliphatic carboxylic acids is 1. The quantitative estimate of drug-likeness (QED) is 0.707. The molecule has 18 heavy (non-hydrogen) atoms. The van der Waals surface area contributed by atoms with Crippen molar-refractivity contribution in [3.05, 3.63) is 0 Å². The van der Waals surface area contributed by atoms with Gasteiger partial charge in [0, 0.05) is 6.04 Å². The zero-order chi connectivity index (χ0) is 13.6. The van der Waals surface area contributed by atoms with Crippen molar-refractivity contribution in [3.63, 3.8) is 0 Å². The fraction of sp³-hybridized carbons (Fsp3) is 0.933. The first kappa shape index (κ1) is 15.5. The van der Waals surface area contributed by atoms with Gasteiger partial charge in [-0.2, -0.15) is 0 Å². The molecular weight excluding hydrogens is 226 g/mol. The Morgan fingerprint density at radius 3 is 2.67 bits per heavy atom. The molecule has 1 heterocycles. The van der Waals surface area contributed by atoms with Crippen LogP contribution in [0.5, 0.6) is 0 Å². The van der Waals surface area contributed by atoms with Crippen molar-refractivity contribution in [2.45, 2.75) is 71.8 Å². The van der Waals surface area contributed by atoms with Crippen LogP contribution >= 0.6 is 0 Å². The maximum Gasteiger partial charge on any atom is 0.309 e. The summed E-state index contributed by atoms with van der Waals surface area (Å²) in [5.41, 5.74) is -0.563. The van der Waals surface area contributed by atoms with Gasteiger partial charge in [0.25, 0.3) is 0 Å². The van der Waals surface area contributed by atoms with Crippen molar-refractivity contribution in [3.8, 4) is 0 Å². The number of carboxylic acid groups (broad SMARTS) is 1. The van der Waals surface area contributed by atoms with Gasteiger partial charge in [0.2, 0.25) is 0 Å². The Morgan fingerprint density at radius 2 is 2.06 bits per heavy atom. The zero-order valence-corrected chi connectivity index (χ0v) is 12.2. The van der Waals surface area contributed by atoms with E-state index >= 15 is 0 Å². The van der Waals surface area contributed by atoms with Crippen LogP contribution < -0.4 is 0 Å². The van der Waals surface area contributed by atoms with Crippen LogP contribution in [0.4, 0.5) is 0 Å². The van der Waals surface area contributed by atoms with E-state index in [-0.39, 0.29) is 0 Å². The Hall–Kier alpha value is -0.570. The van der Waals surface area contributed by atoms with Crippen molar-refractivity contribution in [1.82, 2.24) is 4.90 Å². The fourth-order valence-electron chi connectivity index (χ4n) is 2.81. The van der Waals surface area contributed by atoms with Crippen LogP contribution in [0.15, 0.2) is 0 Å². The first-order valence-electron chi connectivity index (χ1n) is 7.45. The van der Waals surface area contributed by atoms with Gasteiger partial charge in [-0.15, -0.1) is 0 Å². The summed E-state index contributed by atoms with van der Waals surface area (Å²) in [6, 6.07) is 0.770.